The highest BCUT2D eigenvalue weighted by atomic mass is 32.2. The molecule has 2 aromatic rings. The number of amides is 2. The summed E-state index contributed by atoms with van der Waals surface area (Å²) in [5.74, 6) is 0.0838. The SMILES string of the molecule is CCCCNc1cccnc1S(=O)(=O)NC(=O)Nc1nc(OC)cc(OC)n1. The summed E-state index contributed by atoms with van der Waals surface area (Å²) in [6.45, 7) is 2.60. The third-order valence-corrected chi connectivity index (χ3v) is 4.71. The normalized spacial score (nSPS) is 10.8. The summed E-state index contributed by atoms with van der Waals surface area (Å²) in [5, 5.41) is 4.94. The van der Waals surface area contributed by atoms with Crippen molar-refractivity contribution < 1.29 is 22.7 Å². The minimum Gasteiger partial charge on any atom is -0.481 e. The number of nitrogens with zero attached hydrogens (tertiary/aromatic N) is 3. The molecule has 0 atom stereocenters. The highest BCUT2D eigenvalue weighted by Crippen LogP contribution is 2.19. The Morgan fingerprint density at radius 3 is 2.46 bits per heavy atom. The summed E-state index contributed by atoms with van der Waals surface area (Å²) in [5.41, 5.74) is 0.301. The zero-order chi connectivity index (χ0) is 20.6. The van der Waals surface area contributed by atoms with Gasteiger partial charge < -0.3 is 14.8 Å². The van der Waals surface area contributed by atoms with Crippen LogP contribution in [-0.4, -0.2) is 50.2 Å². The molecule has 11 nitrogen and oxygen atoms in total. The average Bonchev–Trinajstić information content (AvgIpc) is 2.67. The van der Waals surface area contributed by atoms with Gasteiger partial charge >= 0.3 is 6.03 Å². The molecule has 2 rings (SSSR count). The second kappa shape index (κ2) is 9.69. The number of unbranched alkanes of at least 4 members (excludes halogenated alkanes) is 1. The fraction of sp³-hybridized carbons (Fsp3) is 0.375. The van der Waals surface area contributed by atoms with Crippen LogP contribution in [0.15, 0.2) is 29.4 Å². The smallest absolute Gasteiger partial charge is 0.335 e. The van der Waals surface area contributed by atoms with E-state index in [1.54, 1.807) is 12.1 Å². The molecule has 0 fully saturated rings. The van der Waals surface area contributed by atoms with Gasteiger partial charge in [0, 0.05) is 12.7 Å². The van der Waals surface area contributed by atoms with E-state index in [1.807, 2.05) is 11.6 Å². The number of carbonyl (C=O) groups is 1. The van der Waals surface area contributed by atoms with Crippen molar-refractivity contribution in [3.05, 3.63) is 24.4 Å². The Balaban J connectivity index is 2.15. The number of anilines is 2. The molecule has 28 heavy (non-hydrogen) atoms. The number of ether oxygens (including phenoxy) is 2. The number of pyridine rings is 1. The summed E-state index contributed by atoms with van der Waals surface area (Å²) < 4.78 is 37.0. The van der Waals surface area contributed by atoms with Gasteiger partial charge in [-0.25, -0.2) is 14.5 Å². The molecular formula is C16H22N6O5S. The van der Waals surface area contributed by atoms with E-state index in [-0.39, 0.29) is 22.7 Å². The van der Waals surface area contributed by atoms with E-state index in [0.29, 0.717) is 12.2 Å². The van der Waals surface area contributed by atoms with Crippen LogP contribution in [0, 0.1) is 0 Å². The van der Waals surface area contributed by atoms with Gasteiger partial charge in [-0.05, 0) is 18.6 Å². The van der Waals surface area contributed by atoms with E-state index in [1.165, 1.54) is 26.5 Å². The van der Waals surface area contributed by atoms with Crippen molar-refractivity contribution in [3.63, 3.8) is 0 Å². The second-order valence-electron chi connectivity index (χ2n) is 5.47. The van der Waals surface area contributed by atoms with Gasteiger partial charge in [-0.15, -0.1) is 0 Å². The molecule has 0 radical (unpaired) electrons. The molecule has 0 bridgehead atoms. The number of aromatic nitrogens is 3. The molecule has 152 valence electrons. The molecule has 2 heterocycles. The summed E-state index contributed by atoms with van der Waals surface area (Å²) in [6, 6.07) is 3.53. The van der Waals surface area contributed by atoms with Crippen LogP contribution in [0.2, 0.25) is 0 Å². The number of hydrogen-bond acceptors (Lipinski definition) is 9. The topological polar surface area (TPSA) is 144 Å². The number of rotatable bonds is 9. The van der Waals surface area contributed by atoms with Crippen molar-refractivity contribution in [2.24, 2.45) is 0 Å². The Kier molecular flexibility index (Phi) is 7.32. The minimum atomic E-state index is -4.23. The zero-order valence-corrected chi connectivity index (χ0v) is 16.5. The first-order valence-corrected chi connectivity index (χ1v) is 9.87. The van der Waals surface area contributed by atoms with Crippen LogP contribution < -0.4 is 24.8 Å². The fourth-order valence-electron chi connectivity index (χ4n) is 2.11. The van der Waals surface area contributed by atoms with Gasteiger partial charge in [-0.1, -0.05) is 13.3 Å². The van der Waals surface area contributed by atoms with Crippen LogP contribution in [0.3, 0.4) is 0 Å². The number of carbonyl (C=O) groups excluding carboxylic acids is 1. The first kappa shape index (κ1) is 21.2. The molecule has 2 amide bonds. The molecular weight excluding hydrogens is 388 g/mol. The fourth-order valence-corrected chi connectivity index (χ4v) is 3.13. The Hall–Kier alpha value is -3.15. The molecule has 0 spiro atoms. The lowest BCUT2D eigenvalue weighted by Crippen LogP contribution is -2.35. The quantitative estimate of drug-likeness (QED) is 0.525. The van der Waals surface area contributed by atoms with Crippen molar-refractivity contribution in [1.29, 1.82) is 0 Å². The summed E-state index contributed by atoms with van der Waals surface area (Å²) in [7, 11) is -1.47. The van der Waals surface area contributed by atoms with Gasteiger partial charge in [0.2, 0.25) is 17.7 Å². The van der Waals surface area contributed by atoms with Crippen LogP contribution in [0.4, 0.5) is 16.4 Å². The van der Waals surface area contributed by atoms with Crippen molar-refractivity contribution in [1.82, 2.24) is 19.7 Å². The Bertz CT molecular complexity index is 899. The number of urea groups is 1. The summed E-state index contributed by atoms with van der Waals surface area (Å²) >= 11 is 0. The molecule has 0 aromatic carbocycles. The Morgan fingerprint density at radius 1 is 1.18 bits per heavy atom. The third-order valence-electron chi connectivity index (χ3n) is 3.42. The summed E-state index contributed by atoms with van der Waals surface area (Å²) in [6.07, 6.45) is 3.13. The lowest BCUT2D eigenvalue weighted by molar-refractivity contribution is 0.256. The van der Waals surface area contributed by atoms with Gasteiger partial charge in [0.25, 0.3) is 10.0 Å². The molecule has 2 aromatic heterocycles. The highest BCUT2D eigenvalue weighted by molar-refractivity contribution is 7.90. The number of sulfonamides is 1. The molecule has 0 aliphatic carbocycles. The lowest BCUT2D eigenvalue weighted by atomic mass is 10.3. The van der Waals surface area contributed by atoms with Gasteiger partial charge in [-0.3, -0.25) is 5.32 Å². The van der Waals surface area contributed by atoms with Crippen molar-refractivity contribution in [3.8, 4) is 11.8 Å². The standard InChI is InChI=1S/C16H22N6O5S/c1-4-5-8-17-11-7-6-9-18-14(11)28(24,25)22-16(23)21-15-19-12(26-2)10-13(20-15)27-3/h6-7,9-10,17H,4-5,8H2,1-3H3,(H2,19,20,21,22,23). The van der Waals surface area contributed by atoms with Crippen LogP contribution in [0.25, 0.3) is 0 Å². The maximum absolute atomic E-state index is 12.6. The Morgan fingerprint density at radius 2 is 1.86 bits per heavy atom. The van der Waals surface area contributed by atoms with E-state index in [0.717, 1.165) is 12.8 Å². The van der Waals surface area contributed by atoms with E-state index in [2.05, 4.69) is 25.6 Å². The largest absolute Gasteiger partial charge is 0.481 e. The van der Waals surface area contributed by atoms with Gasteiger partial charge in [0.15, 0.2) is 5.03 Å². The molecule has 0 saturated heterocycles. The van der Waals surface area contributed by atoms with Crippen molar-refractivity contribution in [2.45, 2.75) is 24.8 Å². The maximum atomic E-state index is 12.6. The second-order valence-corrected chi connectivity index (χ2v) is 7.07. The van der Waals surface area contributed by atoms with Crippen LogP contribution in [0.5, 0.6) is 11.8 Å². The van der Waals surface area contributed by atoms with Gasteiger partial charge in [0.1, 0.15) is 0 Å². The number of methoxy groups -OCH3 is 2. The lowest BCUT2D eigenvalue weighted by Gasteiger charge is -2.12. The predicted molar refractivity (Wildman–Crippen MR) is 102 cm³/mol. The molecule has 12 heteroatoms. The van der Waals surface area contributed by atoms with Crippen LogP contribution in [0.1, 0.15) is 19.8 Å². The average molecular weight is 410 g/mol. The van der Waals surface area contributed by atoms with E-state index in [4.69, 9.17) is 9.47 Å². The number of nitrogens with one attached hydrogen (secondary N) is 3. The molecule has 0 saturated carbocycles. The molecule has 3 N–H and O–H groups in total. The van der Waals surface area contributed by atoms with Crippen LogP contribution >= 0.6 is 0 Å². The van der Waals surface area contributed by atoms with E-state index < -0.39 is 16.1 Å². The predicted octanol–water partition coefficient (Wildman–Crippen LogP) is 1.61. The zero-order valence-electron chi connectivity index (χ0n) is 15.7. The highest BCUT2D eigenvalue weighted by Gasteiger charge is 2.23. The molecule has 0 aliphatic heterocycles. The van der Waals surface area contributed by atoms with Gasteiger partial charge in [-0.2, -0.15) is 18.4 Å². The maximum Gasteiger partial charge on any atom is 0.335 e. The minimum absolute atomic E-state index is 0.136. The summed E-state index contributed by atoms with van der Waals surface area (Å²) in [4.78, 5) is 23.8. The number of hydrogen-bond donors (Lipinski definition) is 3. The van der Waals surface area contributed by atoms with E-state index >= 15 is 0 Å². The van der Waals surface area contributed by atoms with E-state index in [9.17, 15) is 13.2 Å². The molecule has 0 unspecified atom stereocenters. The first-order chi connectivity index (χ1) is 13.4. The van der Waals surface area contributed by atoms with Crippen LogP contribution in [-0.2, 0) is 10.0 Å². The molecule has 0 aliphatic rings. The Labute approximate surface area is 163 Å². The monoisotopic (exact) mass is 410 g/mol. The van der Waals surface area contributed by atoms with Crippen molar-refractivity contribution in [2.75, 3.05) is 31.4 Å². The van der Waals surface area contributed by atoms with Gasteiger partial charge in [0.05, 0.1) is 26.0 Å². The van der Waals surface area contributed by atoms with Crippen molar-refractivity contribution >= 4 is 27.7 Å². The third kappa shape index (κ3) is 5.67. The first-order valence-electron chi connectivity index (χ1n) is 8.39.